The summed E-state index contributed by atoms with van der Waals surface area (Å²) in [4.78, 5) is 7.64. The molecule has 19 heavy (non-hydrogen) atoms. The molecule has 0 N–H and O–H groups in total. The van der Waals surface area contributed by atoms with Crippen LogP contribution in [0.25, 0.3) is 0 Å². The van der Waals surface area contributed by atoms with Gasteiger partial charge in [0.15, 0.2) is 39.6 Å². The van der Waals surface area contributed by atoms with Crippen LogP contribution in [0.15, 0.2) is 24.3 Å². The number of rotatable bonds is 1. The molecule has 2 aromatic rings. The lowest BCUT2D eigenvalue weighted by atomic mass is 10.2. The first-order valence-corrected chi connectivity index (χ1v) is 6.17. The lowest BCUT2D eigenvalue weighted by Crippen LogP contribution is -2.23. The molecule has 0 fully saturated rings. The van der Waals surface area contributed by atoms with E-state index in [2.05, 4.69) is 9.97 Å². The van der Waals surface area contributed by atoms with Crippen LogP contribution < -0.4 is 9.47 Å². The highest BCUT2D eigenvalue weighted by atomic mass is 35.5. The summed E-state index contributed by atoms with van der Waals surface area (Å²) in [6.45, 7) is 0.204. The maximum absolute atomic E-state index is 13.3. The Morgan fingerprint density at radius 3 is 2.42 bits per heavy atom. The van der Waals surface area contributed by atoms with E-state index in [0.717, 1.165) is 0 Å². The van der Waals surface area contributed by atoms with Crippen molar-refractivity contribution in [3.8, 4) is 11.5 Å². The van der Waals surface area contributed by atoms with Gasteiger partial charge in [-0.3, -0.25) is 0 Å². The first-order chi connectivity index (χ1) is 9.15. The third kappa shape index (κ3) is 2.31. The lowest BCUT2D eigenvalue weighted by molar-refractivity contribution is 0.0849. The molecule has 0 saturated carbocycles. The van der Waals surface area contributed by atoms with Crippen molar-refractivity contribution in [3.63, 3.8) is 0 Å². The Hall–Kier alpha value is -1.59. The molecule has 3 rings (SSSR count). The number of hydrogen-bond acceptors (Lipinski definition) is 4. The first-order valence-electron chi connectivity index (χ1n) is 5.42. The summed E-state index contributed by atoms with van der Waals surface area (Å²) in [5.41, 5.74) is 0. The Balaban J connectivity index is 1.93. The van der Waals surface area contributed by atoms with Crippen molar-refractivity contribution in [3.05, 3.63) is 46.2 Å². The summed E-state index contributed by atoms with van der Waals surface area (Å²) < 4.78 is 24.4. The number of benzene rings is 1. The number of halogens is 3. The van der Waals surface area contributed by atoms with E-state index < -0.39 is 11.9 Å². The molecule has 0 saturated heterocycles. The minimum absolute atomic E-state index is 0.186. The van der Waals surface area contributed by atoms with Gasteiger partial charge in [-0.15, -0.1) is 0 Å². The fourth-order valence-corrected chi connectivity index (χ4v) is 2.10. The molecule has 0 spiro atoms. The van der Waals surface area contributed by atoms with Crippen molar-refractivity contribution in [1.29, 1.82) is 0 Å². The van der Waals surface area contributed by atoms with Crippen LogP contribution in [-0.2, 0) is 0 Å². The molecule has 7 heteroatoms. The third-order valence-electron chi connectivity index (χ3n) is 2.58. The molecule has 1 aliphatic heterocycles. The molecule has 0 aliphatic carbocycles. The minimum Gasteiger partial charge on any atom is -0.485 e. The van der Waals surface area contributed by atoms with Gasteiger partial charge in [-0.25, -0.2) is 14.4 Å². The molecule has 0 amide bonds. The van der Waals surface area contributed by atoms with Gasteiger partial charge in [0.2, 0.25) is 0 Å². The van der Waals surface area contributed by atoms with Crippen LogP contribution in [0.2, 0.25) is 10.3 Å². The van der Waals surface area contributed by atoms with Gasteiger partial charge in [-0.05, 0) is 12.1 Å². The SMILES string of the molecule is Fc1c(Cl)nc(C2COc3ccccc3O2)nc1Cl. The zero-order chi connectivity index (χ0) is 13.4. The first kappa shape index (κ1) is 12.4. The highest BCUT2D eigenvalue weighted by molar-refractivity contribution is 6.33. The fraction of sp³-hybridized carbons (Fsp3) is 0.167. The predicted octanol–water partition coefficient (Wildman–Crippen LogP) is 3.44. The summed E-state index contributed by atoms with van der Waals surface area (Å²) in [5, 5.41) is -0.671. The Morgan fingerprint density at radius 2 is 1.74 bits per heavy atom. The van der Waals surface area contributed by atoms with Gasteiger partial charge < -0.3 is 9.47 Å². The molecule has 0 bridgehead atoms. The fourth-order valence-electron chi connectivity index (χ4n) is 1.70. The van der Waals surface area contributed by atoms with Gasteiger partial charge in [0.05, 0.1) is 0 Å². The Morgan fingerprint density at radius 1 is 1.11 bits per heavy atom. The average Bonchev–Trinajstić information content (AvgIpc) is 2.43. The number of ether oxygens (including phenoxy) is 2. The van der Waals surface area contributed by atoms with Crippen LogP contribution >= 0.6 is 23.2 Å². The summed E-state index contributed by atoms with van der Waals surface area (Å²) in [6, 6.07) is 7.20. The van der Waals surface area contributed by atoms with Crippen LogP contribution in [0.3, 0.4) is 0 Å². The van der Waals surface area contributed by atoms with E-state index in [0.29, 0.717) is 11.5 Å². The van der Waals surface area contributed by atoms with E-state index >= 15 is 0 Å². The molecule has 1 unspecified atom stereocenters. The maximum atomic E-state index is 13.3. The molecule has 4 nitrogen and oxygen atoms in total. The molecule has 98 valence electrons. The second kappa shape index (κ2) is 4.83. The van der Waals surface area contributed by atoms with Crippen molar-refractivity contribution in [2.75, 3.05) is 6.61 Å². The lowest BCUT2D eigenvalue weighted by Gasteiger charge is -2.25. The highest BCUT2D eigenvalue weighted by Crippen LogP contribution is 2.35. The van der Waals surface area contributed by atoms with E-state index in [1.165, 1.54) is 0 Å². The largest absolute Gasteiger partial charge is 0.485 e. The van der Waals surface area contributed by atoms with Crippen LogP contribution in [0.4, 0.5) is 4.39 Å². The second-order valence-electron chi connectivity index (χ2n) is 3.84. The topological polar surface area (TPSA) is 44.2 Å². The smallest absolute Gasteiger partial charge is 0.197 e. The van der Waals surface area contributed by atoms with Crippen LogP contribution in [0, 0.1) is 5.82 Å². The van der Waals surface area contributed by atoms with Crippen molar-refractivity contribution in [2.24, 2.45) is 0 Å². The monoisotopic (exact) mass is 300 g/mol. The number of hydrogen-bond donors (Lipinski definition) is 0. The number of nitrogens with zero attached hydrogens (tertiary/aromatic N) is 2. The highest BCUT2D eigenvalue weighted by Gasteiger charge is 2.26. The summed E-state index contributed by atoms with van der Waals surface area (Å²) in [5.74, 6) is 0.548. The Kier molecular flexibility index (Phi) is 3.16. The average molecular weight is 301 g/mol. The molecule has 1 atom stereocenters. The molecule has 1 aromatic carbocycles. The number of fused-ring (bicyclic) bond motifs is 1. The van der Waals surface area contributed by atoms with E-state index in [4.69, 9.17) is 32.7 Å². The van der Waals surface area contributed by atoms with E-state index in [9.17, 15) is 4.39 Å². The minimum atomic E-state index is -0.843. The third-order valence-corrected chi connectivity index (χ3v) is 3.09. The van der Waals surface area contributed by atoms with Crippen molar-refractivity contribution in [2.45, 2.75) is 6.10 Å². The van der Waals surface area contributed by atoms with E-state index in [1.807, 2.05) is 12.1 Å². The van der Waals surface area contributed by atoms with Gasteiger partial charge in [-0.2, -0.15) is 0 Å². The van der Waals surface area contributed by atoms with Crippen molar-refractivity contribution in [1.82, 2.24) is 9.97 Å². The number of aromatic nitrogens is 2. The van der Waals surface area contributed by atoms with Gasteiger partial charge in [0, 0.05) is 0 Å². The van der Waals surface area contributed by atoms with Gasteiger partial charge >= 0.3 is 0 Å². The summed E-state index contributed by atoms with van der Waals surface area (Å²) >= 11 is 11.3. The second-order valence-corrected chi connectivity index (χ2v) is 4.56. The summed E-state index contributed by atoms with van der Waals surface area (Å²) in [6.07, 6.45) is -0.578. The van der Waals surface area contributed by atoms with Crippen LogP contribution in [0.1, 0.15) is 11.9 Å². The molecule has 1 aromatic heterocycles. The van der Waals surface area contributed by atoms with Crippen LogP contribution in [-0.4, -0.2) is 16.6 Å². The van der Waals surface area contributed by atoms with Crippen molar-refractivity contribution < 1.29 is 13.9 Å². The van der Waals surface area contributed by atoms with Gasteiger partial charge in [0.1, 0.15) is 6.61 Å². The van der Waals surface area contributed by atoms with E-state index in [-0.39, 0.29) is 22.7 Å². The molecular weight excluding hydrogens is 294 g/mol. The molecular formula is C12H7Cl2FN2O2. The Labute approximate surface area is 118 Å². The standard InChI is InChI=1S/C12H7Cl2FN2O2/c13-10-9(15)11(14)17-12(16-10)8-5-18-6-3-1-2-4-7(6)19-8/h1-4,8H,5H2. The van der Waals surface area contributed by atoms with Gasteiger partial charge in [0.25, 0.3) is 0 Å². The predicted molar refractivity (Wildman–Crippen MR) is 67.3 cm³/mol. The number of para-hydroxylation sites is 2. The summed E-state index contributed by atoms with van der Waals surface area (Å²) in [7, 11) is 0. The maximum Gasteiger partial charge on any atom is 0.197 e. The normalized spacial score (nSPS) is 17.3. The zero-order valence-electron chi connectivity index (χ0n) is 9.44. The van der Waals surface area contributed by atoms with Crippen molar-refractivity contribution >= 4 is 23.2 Å². The van der Waals surface area contributed by atoms with E-state index in [1.54, 1.807) is 12.1 Å². The molecule has 2 heterocycles. The quantitative estimate of drug-likeness (QED) is 0.757. The molecule has 1 aliphatic rings. The molecule has 0 radical (unpaired) electrons. The zero-order valence-corrected chi connectivity index (χ0v) is 11.0. The van der Waals surface area contributed by atoms with Gasteiger partial charge in [-0.1, -0.05) is 35.3 Å². The Bertz CT molecular complexity index is 616. The van der Waals surface area contributed by atoms with Crippen LogP contribution in [0.5, 0.6) is 11.5 Å².